The highest BCUT2D eigenvalue weighted by Crippen LogP contribution is 2.23. The second kappa shape index (κ2) is 11.2. The highest BCUT2D eigenvalue weighted by molar-refractivity contribution is 5.97. The zero-order valence-corrected chi connectivity index (χ0v) is 17.4. The molecule has 8 heteroatoms. The number of hydrogen-bond acceptors (Lipinski definition) is 6. The molecule has 0 bridgehead atoms. The number of carbonyl (C=O) groups is 3. The first-order chi connectivity index (χ1) is 15.5. The summed E-state index contributed by atoms with van der Waals surface area (Å²) in [6.45, 7) is -0.398. The van der Waals surface area contributed by atoms with Crippen LogP contribution in [0.3, 0.4) is 0 Å². The summed E-state index contributed by atoms with van der Waals surface area (Å²) in [6, 6.07) is 22.6. The smallest absolute Gasteiger partial charge is 0.325 e. The van der Waals surface area contributed by atoms with Crippen molar-refractivity contribution in [1.29, 1.82) is 0 Å². The van der Waals surface area contributed by atoms with Crippen molar-refractivity contribution < 1.29 is 28.6 Å². The normalized spacial score (nSPS) is 10.0. The molecule has 0 aliphatic rings. The summed E-state index contributed by atoms with van der Waals surface area (Å²) < 4.78 is 15.7. The molecule has 3 aromatic carbocycles. The number of benzene rings is 3. The van der Waals surface area contributed by atoms with Crippen LogP contribution >= 0.6 is 0 Å². The Morgan fingerprint density at radius 2 is 1.41 bits per heavy atom. The van der Waals surface area contributed by atoms with Crippen LogP contribution in [0.1, 0.15) is 10.4 Å². The monoisotopic (exact) mass is 434 g/mol. The third kappa shape index (κ3) is 6.88. The Bertz CT molecular complexity index is 1050. The Morgan fingerprint density at radius 3 is 2.06 bits per heavy atom. The van der Waals surface area contributed by atoms with Crippen LogP contribution in [0.2, 0.25) is 0 Å². The number of amides is 2. The average molecular weight is 434 g/mol. The molecular weight excluding hydrogens is 412 g/mol. The lowest BCUT2D eigenvalue weighted by atomic mass is 10.2. The van der Waals surface area contributed by atoms with E-state index in [1.54, 1.807) is 36.4 Å². The van der Waals surface area contributed by atoms with Gasteiger partial charge in [0, 0.05) is 11.3 Å². The topological polar surface area (TPSA) is 103 Å². The summed E-state index contributed by atoms with van der Waals surface area (Å²) in [7, 11) is 1.24. The van der Waals surface area contributed by atoms with Gasteiger partial charge in [-0.15, -0.1) is 0 Å². The van der Waals surface area contributed by atoms with Gasteiger partial charge in [0.15, 0.2) is 6.61 Å². The van der Waals surface area contributed by atoms with E-state index in [1.165, 1.54) is 19.2 Å². The maximum absolute atomic E-state index is 12.1. The molecule has 0 spiro atoms. The summed E-state index contributed by atoms with van der Waals surface area (Å²) in [5.74, 6) is 0.601. The van der Waals surface area contributed by atoms with Crippen LogP contribution in [-0.2, 0) is 14.3 Å². The van der Waals surface area contributed by atoms with Crippen LogP contribution < -0.4 is 20.1 Å². The van der Waals surface area contributed by atoms with E-state index in [1.807, 2.05) is 30.3 Å². The molecule has 3 aromatic rings. The number of methoxy groups -OCH3 is 1. The van der Waals surface area contributed by atoms with Gasteiger partial charge in [-0.3, -0.25) is 14.4 Å². The fraction of sp³-hybridized carbons (Fsp3) is 0.125. The van der Waals surface area contributed by atoms with Gasteiger partial charge in [0.05, 0.1) is 7.11 Å². The van der Waals surface area contributed by atoms with Crippen molar-refractivity contribution in [3.63, 3.8) is 0 Å². The molecule has 8 nitrogen and oxygen atoms in total. The number of ether oxygens (including phenoxy) is 3. The molecule has 0 heterocycles. The van der Waals surface area contributed by atoms with E-state index < -0.39 is 11.9 Å². The Hall–Kier alpha value is -4.33. The molecule has 0 unspecified atom stereocenters. The van der Waals surface area contributed by atoms with Gasteiger partial charge >= 0.3 is 5.97 Å². The van der Waals surface area contributed by atoms with Crippen LogP contribution in [0.5, 0.6) is 17.2 Å². The van der Waals surface area contributed by atoms with E-state index in [2.05, 4.69) is 15.4 Å². The van der Waals surface area contributed by atoms with Gasteiger partial charge in [0.2, 0.25) is 0 Å². The molecule has 0 saturated heterocycles. The van der Waals surface area contributed by atoms with Gasteiger partial charge in [-0.1, -0.05) is 18.2 Å². The maximum Gasteiger partial charge on any atom is 0.325 e. The van der Waals surface area contributed by atoms with Gasteiger partial charge in [-0.05, 0) is 60.7 Å². The number of rotatable bonds is 9. The Labute approximate surface area is 185 Å². The summed E-state index contributed by atoms with van der Waals surface area (Å²) in [5, 5.41) is 5.12. The molecule has 164 valence electrons. The molecule has 0 fully saturated rings. The first-order valence-electron chi connectivity index (χ1n) is 9.74. The highest BCUT2D eigenvalue weighted by Gasteiger charge is 2.09. The van der Waals surface area contributed by atoms with Gasteiger partial charge < -0.3 is 24.8 Å². The lowest BCUT2D eigenvalue weighted by Crippen LogP contribution is -2.30. The third-order valence-electron chi connectivity index (χ3n) is 4.22. The number of hydrogen-bond donors (Lipinski definition) is 2. The zero-order chi connectivity index (χ0) is 22.8. The van der Waals surface area contributed by atoms with E-state index in [4.69, 9.17) is 9.47 Å². The third-order valence-corrected chi connectivity index (χ3v) is 4.22. The average Bonchev–Trinajstić information content (AvgIpc) is 2.83. The molecular formula is C24H22N2O6. The van der Waals surface area contributed by atoms with Crippen LogP contribution in [-0.4, -0.2) is 38.0 Å². The van der Waals surface area contributed by atoms with E-state index in [0.29, 0.717) is 22.7 Å². The summed E-state index contributed by atoms with van der Waals surface area (Å²) >= 11 is 0. The molecule has 0 aliphatic heterocycles. The fourth-order valence-electron chi connectivity index (χ4n) is 2.61. The highest BCUT2D eigenvalue weighted by atomic mass is 16.5. The van der Waals surface area contributed by atoms with Gasteiger partial charge in [0.1, 0.15) is 23.8 Å². The minimum atomic E-state index is -0.541. The second-order valence-corrected chi connectivity index (χ2v) is 6.56. The number of anilines is 1. The fourth-order valence-corrected chi connectivity index (χ4v) is 2.61. The molecule has 0 atom stereocenters. The molecule has 2 amide bonds. The minimum Gasteiger partial charge on any atom is -0.484 e. The minimum absolute atomic E-state index is 0.180. The molecule has 2 N–H and O–H groups in total. The van der Waals surface area contributed by atoms with Crippen molar-refractivity contribution in [3.8, 4) is 17.2 Å². The van der Waals surface area contributed by atoms with E-state index >= 15 is 0 Å². The van der Waals surface area contributed by atoms with Gasteiger partial charge in [0.25, 0.3) is 11.8 Å². The van der Waals surface area contributed by atoms with Crippen molar-refractivity contribution in [2.75, 3.05) is 25.6 Å². The largest absolute Gasteiger partial charge is 0.484 e. The molecule has 32 heavy (non-hydrogen) atoms. The van der Waals surface area contributed by atoms with Gasteiger partial charge in [-0.2, -0.15) is 0 Å². The summed E-state index contributed by atoms with van der Waals surface area (Å²) in [5.41, 5.74) is 0.857. The number of carbonyl (C=O) groups excluding carboxylic acids is 3. The molecule has 0 radical (unpaired) electrons. The molecule has 0 aliphatic carbocycles. The van der Waals surface area contributed by atoms with Crippen LogP contribution in [0.15, 0.2) is 78.9 Å². The van der Waals surface area contributed by atoms with Crippen molar-refractivity contribution in [3.05, 3.63) is 84.4 Å². The van der Waals surface area contributed by atoms with E-state index in [9.17, 15) is 14.4 Å². The Morgan fingerprint density at radius 1 is 0.781 bits per heavy atom. The molecule has 3 rings (SSSR count). The van der Waals surface area contributed by atoms with Crippen molar-refractivity contribution in [1.82, 2.24) is 5.32 Å². The Balaban J connectivity index is 1.44. The van der Waals surface area contributed by atoms with Gasteiger partial charge in [-0.25, -0.2) is 0 Å². The Kier molecular flexibility index (Phi) is 7.80. The number of para-hydroxylation sites is 1. The van der Waals surface area contributed by atoms with E-state index in [-0.39, 0.29) is 19.1 Å². The summed E-state index contributed by atoms with van der Waals surface area (Å²) in [6.07, 6.45) is 0. The van der Waals surface area contributed by atoms with Crippen LogP contribution in [0.4, 0.5) is 5.69 Å². The van der Waals surface area contributed by atoms with Crippen molar-refractivity contribution >= 4 is 23.5 Å². The van der Waals surface area contributed by atoms with Crippen LogP contribution in [0.25, 0.3) is 0 Å². The lowest BCUT2D eigenvalue weighted by Gasteiger charge is -2.09. The number of esters is 1. The standard InChI is InChI=1S/C24H22N2O6/c1-30-23(28)15-25-24(29)17-7-9-18(10-8-17)26-22(27)16-31-19-11-13-21(14-12-19)32-20-5-3-2-4-6-20/h2-14H,15-16H2,1H3,(H,25,29)(H,26,27). The predicted octanol–water partition coefficient (Wildman–Crippen LogP) is 3.40. The molecule has 0 saturated carbocycles. The lowest BCUT2D eigenvalue weighted by molar-refractivity contribution is -0.139. The van der Waals surface area contributed by atoms with E-state index in [0.717, 1.165) is 5.75 Å². The van der Waals surface area contributed by atoms with Crippen molar-refractivity contribution in [2.45, 2.75) is 0 Å². The SMILES string of the molecule is COC(=O)CNC(=O)c1ccc(NC(=O)COc2ccc(Oc3ccccc3)cc2)cc1. The first kappa shape index (κ1) is 22.4. The second-order valence-electron chi connectivity index (χ2n) is 6.56. The first-order valence-corrected chi connectivity index (χ1v) is 9.74. The summed E-state index contributed by atoms with van der Waals surface area (Å²) in [4.78, 5) is 35.2. The number of nitrogens with one attached hydrogen (secondary N) is 2. The predicted molar refractivity (Wildman–Crippen MR) is 118 cm³/mol. The maximum atomic E-state index is 12.1. The molecule has 0 aromatic heterocycles. The van der Waals surface area contributed by atoms with Crippen LogP contribution in [0, 0.1) is 0 Å². The van der Waals surface area contributed by atoms with Crippen molar-refractivity contribution in [2.24, 2.45) is 0 Å². The quantitative estimate of drug-likeness (QED) is 0.501. The zero-order valence-electron chi connectivity index (χ0n) is 17.4.